The van der Waals surface area contributed by atoms with E-state index in [1.807, 2.05) is 9.80 Å². The molecule has 3 atom stereocenters. The summed E-state index contributed by atoms with van der Waals surface area (Å²) in [6.45, 7) is 4.57. The molecule has 0 saturated carbocycles. The van der Waals surface area contributed by atoms with Crippen molar-refractivity contribution < 1.29 is 23.9 Å². The third-order valence-corrected chi connectivity index (χ3v) is 7.25. The Morgan fingerprint density at radius 2 is 1.87 bits per heavy atom. The highest BCUT2D eigenvalue weighted by Crippen LogP contribution is 2.38. The van der Waals surface area contributed by atoms with Gasteiger partial charge in [0.15, 0.2) is 0 Å². The molecule has 0 aliphatic carbocycles. The number of fused-ring (bicyclic) bond motifs is 4. The van der Waals surface area contributed by atoms with Crippen LogP contribution < -0.4 is 5.32 Å². The summed E-state index contributed by atoms with van der Waals surface area (Å²) in [7, 11) is 1.60. The number of likely N-dealkylation sites (tertiary alicyclic amines) is 2. The molecule has 4 aliphatic heterocycles. The second-order valence-electron chi connectivity index (χ2n) is 9.43. The van der Waals surface area contributed by atoms with Crippen LogP contribution in [0.25, 0.3) is 0 Å². The minimum absolute atomic E-state index is 0.0414. The zero-order valence-electron chi connectivity index (χ0n) is 18.6. The molecule has 4 amide bonds. The number of nitrogens with one attached hydrogen (secondary N) is 1. The highest BCUT2D eigenvalue weighted by molar-refractivity contribution is 5.78. The summed E-state index contributed by atoms with van der Waals surface area (Å²) >= 11 is 0. The molecular weight excluding hydrogens is 400 g/mol. The first kappa shape index (κ1) is 22.3. The summed E-state index contributed by atoms with van der Waals surface area (Å²) in [5.41, 5.74) is 0. The monoisotopic (exact) mass is 436 g/mol. The van der Waals surface area contributed by atoms with E-state index in [0.717, 1.165) is 51.7 Å². The van der Waals surface area contributed by atoms with Crippen LogP contribution >= 0.6 is 0 Å². The van der Waals surface area contributed by atoms with E-state index in [4.69, 9.17) is 9.47 Å². The molecular formula is C22H36N4O5. The molecule has 0 radical (unpaired) electrons. The van der Waals surface area contributed by atoms with Crippen LogP contribution in [0.5, 0.6) is 0 Å². The Labute approximate surface area is 184 Å². The van der Waals surface area contributed by atoms with Gasteiger partial charge in [0.1, 0.15) is 6.61 Å². The second kappa shape index (κ2) is 10.2. The molecule has 31 heavy (non-hydrogen) atoms. The summed E-state index contributed by atoms with van der Waals surface area (Å²) in [5, 5.41) is 3.01. The molecule has 2 bridgehead atoms. The predicted octanol–water partition coefficient (Wildman–Crippen LogP) is 0.683. The number of rotatable bonds is 6. The van der Waals surface area contributed by atoms with Crippen LogP contribution in [0.15, 0.2) is 0 Å². The topological polar surface area (TPSA) is 91.4 Å². The van der Waals surface area contributed by atoms with Crippen LogP contribution in [-0.4, -0.2) is 104 Å². The number of carbonyl (C=O) groups is 3. The normalized spacial score (nSPS) is 29.0. The summed E-state index contributed by atoms with van der Waals surface area (Å²) in [6.07, 6.45) is 5.40. The fourth-order valence-corrected chi connectivity index (χ4v) is 5.76. The Morgan fingerprint density at radius 3 is 2.65 bits per heavy atom. The van der Waals surface area contributed by atoms with Gasteiger partial charge in [-0.25, -0.2) is 4.79 Å². The summed E-state index contributed by atoms with van der Waals surface area (Å²) < 4.78 is 10.2. The van der Waals surface area contributed by atoms with Crippen LogP contribution in [-0.2, 0) is 19.1 Å². The van der Waals surface area contributed by atoms with Crippen molar-refractivity contribution in [3.8, 4) is 0 Å². The molecule has 0 unspecified atom stereocenters. The Balaban J connectivity index is 1.22. The van der Waals surface area contributed by atoms with Gasteiger partial charge in [-0.3, -0.25) is 9.59 Å². The second-order valence-corrected chi connectivity index (χ2v) is 9.43. The van der Waals surface area contributed by atoms with Crippen molar-refractivity contribution in [1.29, 1.82) is 0 Å². The third kappa shape index (κ3) is 5.31. The smallest absolute Gasteiger partial charge is 0.320 e. The van der Waals surface area contributed by atoms with Gasteiger partial charge >= 0.3 is 6.03 Å². The molecule has 4 heterocycles. The SMILES string of the molecule is COCCOCC(=O)NC1CCN(C(=O)N2C[C@H]3C[C@H](C2)[C@H]2CCCC(=O)N2C3)CC1. The minimum atomic E-state index is -0.115. The highest BCUT2D eigenvalue weighted by atomic mass is 16.5. The maximum absolute atomic E-state index is 13.2. The number of ether oxygens (including phenoxy) is 2. The van der Waals surface area contributed by atoms with Crippen LogP contribution in [0.3, 0.4) is 0 Å². The van der Waals surface area contributed by atoms with Gasteiger partial charge in [-0.15, -0.1) is 0 Å². The summed E-state index contributed by atoms with van der Waals surface area (Å²) in [6, 6.07) is 0.531. The number of amides is 4. The molecule has 4 rings (SSSR count). The Hall–Kier alpha value is -1.87. The van der Waals surface area contributed by atoms with Crippen molar-refractivity contribution in [2.45, 2.75) is 50.6 Å². The molecule has 9 nitrogen and oxygen atoms in total. The van der Waals surface area contributed by atoms with E-state index in [-0.39, 0.29) is 24.6 Å². The number of piperidine rings is 4. The molecule has 0 aromatic rings. The van der Waals surface area contributed by atoms with Crippen LogP contribution in [0.2, 0.25) is 0 Å². The lowest BCUT2D eigenvalue weighted by Crippen LogP contribution is -2.62. The average molecular weight is 437 g/mol. The van der Waals surface area contributed by atoms with Gasteiger partial charge < -0.3 is 29.5 Å². The van der Waals surface area contributed by atoms with Crippen LogP contribution in [0.4, 0.5) is 4.79 Å². The lowest BCUT2D eigenvalue weighted by molar-refractivity contribution is -0.144. The first-order chi connectivity index (χ1) is 15.0. The van der Waals surface area contributed by atoms with Crippen molar-refractivity contribution in [3.63, 3.8) is 0 Å². The molecule has 4 saturated heterocycles. The fourth-order valence-electron chi connectivity index (χ4n) is 5.76. The fraction of sp³-hybridized carbons (Fsp3) is 0.864. The molecule has 4 fully saturated rings. The van der Waals surface area contributed by atoms with Crippen molar-refractivity contribution in [2.24, 2.45) is 11.8 Å². The van der Waals surface area contributed by atoms with E-state index in [0.29, 0.717) is 56.5 Å². The maximum Gasteiger partial charge on any atom is 0.320 e. The Morgan fingerprint density at radius 1 is 1.06 bits per heavy atom. The van der Waals surface area contributed by atoms with Gasteiger partial charge in [0.2, 0.25) is 11.8 Å². The molecule has 9 heteroatoms. The van der Waals surface area contributed by atoms with Gasteiger partial charge in [0, 0.05) is 58.3 Å². The number of hydrogen-bond donors (Lipinski definition) is 1. The van der Waals surface area contributed by atoms with E-state index in [2.05, 4.69) is 10.2 Å². The van der Waals surface area contributed by atoms with Crippen molar-refractivity contribution in [2.75, 3.05) is 59.7 Å². The van der Waals surface area contributed by atoms with E-state index in [1.54, 1.807) is 7.11 Å². The third-order valence-electron chi connectivity index (χ3n) is 7.25. The van der Waals surface area contributed by atoms with E-state index in [9.17, 15) is 14.4 Å². The van der Waals surface area contributed by atoms with Gasteiger partial charge in [0.05, 0.1) is 13.2 Å². The average Bonchev–Trinajstić information content (AvgIpc) is 2.77. The molecule has 0 aromatic heterocycles. The van der Waals surface area contributed by atoms with E-state index < -0.39 is 0 Å². The Kier molecular flexibility index (Phi) is 7.32. The van der Waals surface area contributed by atoms with Crippen LogP contribution in [0.1, 0.15) is 38.5 Å². The van der Waals surface area contributed by atoms with Crippen molar-refractivity contribution in [3.05, 3.63) is 0 Å². The van der Waals surface area contributed by atoms with Crippen LogP contribution in [0, 0.1) is 11.8 Å². The number of nitrogens with zero attached hydrogens (tertiary/aromatic N) is 3. The molecule has 0 spiro atoms. The zero-order valence-corrected chi connectivity index (χ0v) is 18.6. The van der Waals surface area contributed by atoms with Gasteiger partial charge in [-0.2, -0.15) is 0 Å². The van der Waals surface area contributed by atoms with Gasteiger partial charge in [-0.1, -0.05) is 0 Å². The van der Waals surface area contributed by atoms with Gasteiger partial charge in [-0.05, 0) is 43.9 Å². The van der Waals surface area contributed by atoms with Crippen molar-refractivity contribution >= 4 is 17.8 Å². The number of carbonyl (C=O) groups excluding carboxylic acids is 3. The number of methoxy groups -OCH3 is 1. The lowest BCUT2D eigenvalue weighted by Gasteiger charge is -2.53. The zero-order chi connectivity index (χ0) is 21.8. The maximum atomic E-state index is 13.2. The van der Waals surface area contributed by atoms with E-state index >= 15 is 0 Å². The lowest BCUT2D eigenvalue weighted by atomic mass is 9.76. The first-order valence-corrected chi connectivity index (χ1v) is 11.7. The minimum Gasteiger partial charge on any atom is -0.382 e. The molecule has 0 aromatic carbocycles. The first-order valence-electron chi connectivity index (χ1n) is 11.7. The number of urea groups is 1. The van der Waals surface area contributed by atoms with E-state index in [1.165, 1.54) is 0 Å². The Bertz CT molecular complexity index is 666. The largest absolute Gasteiger partial charge is 0.382 e. The number of hydrogen-bond acceptors (Lipinski definition) is 5. The predicted molar refractivity (Wildman–Crippen MR) is 113 cm³/mol. The summed E-state index contributed by atoms with van der Waals surface area (Å²) in [5.74, 6) is 1.00. The molecule has 174 valence electrons. The van der Waals surface area contributed by atoms with Gasteiger partial charge in [0.25, 0.3) is 0 Å². The standard InChI is InChI=1S/C22H36N4O5/c1-30-9-10-31-15-20(27)23-18-5-7-24(8-6-18)22(29)25-12-16-11-17(14-25)19-3-2-4-21(28)26(19)13-16/h16-19H,2-15H2,1H3,(H,23,27)/t16-,17-,19-/m1/s1. The highest BCUT2D eigenvalue weighted by Gasteiger charge is 2.45. The van der Waals surface area contributed by atoms with Crippen molar-refractivity contribution in [1.82, 2.24) is 20.0 Å². The quantitative estimate of drug-likeness (QED) is 0.619. The molecule has 1 N–H and O–H groups in total. The summed E-state index contributed by atoms with van der Waals surface area (Å²) in [4.78, 5) is 43.6. The molecule has 4 aliphatic rings.